The maximum atomic E-state index is 12.5. The van der Waals surface area contributed by atoms with Gasteiger partial charge in [0.25, 0.3) is 11.5 Å². The number of aryl methyl sites for hydroxylation is 2. The Hall–Kier alpha value is -3.41. The molecule has 2 aromatic carbocycles. The molecule has 0 bridgehead atoms. The van der Waals surface area contributed by atoms with Gasteiger partial charge in [-0.05, 0) is 49.2 Å². The number of aromatic nitrogens is 2. The molecule has 0 atom stereocenters. The largest absolute Gasteiger partial charge is 0.505 e. The summed E-state index contributed by atoms with van der Waals surface area (Å²) in [5.74, 6) is -1.05. The van der Waals surface area contributed by atoms with Crippen LogP contribution in [0.4, 0.5) is 5.69 Å². The normalized spacial score (nSPS) is 10.5. The third-order valence-electron chi connectivity index (χ3n) is 3.65. The fraction of sp³-hybridized carbons (Fsp3) is 0.105. The molecule has 6 heteroatoms. The maximum Gasteiger partial charge on any atom is 0.279 e. The number of carbonyl (C=O) groups is 1. The van der Waals surface area contributed by atoms with E-state index in [1.165, 1.54) is 0 Å². The van der Waals surface area contributed by atoms with Gasteiger partial charge in [0.05, 0.1) is 5.69 Å². The minimum atomic E-state index is -0.593. The number of carbonyl (C=O) groups excluding carboxylic acids is 1. The highest BCUT2D eigenvalue weighted by molar-refractivity contribution is 6.04. The van der Waals surface area contributed by atoms with Gasteiger partial charge in [-0.2, -0.15) is 9.78 Å². The van der Waals surface area contributed by atoms with E-state index in [0.717, 1.165) is 21.9 Å². The van der Waals surface area contributed by atoms with Gasteiger partial charge in [0.1, 0.15) is 0 Å². The zero-order chi connectivity index (χ0) is 18.0. The van der Waals surface area contributed by atoms with E-state index in [-0.39, 0.29) is 5.69 Å². The number of anilines is 1. The molecule has 2 N–H and O–H groups in total. The zero-order valence-electron chi connectivity index (χ0n) is 13.9. The molecule has 25 heavy (non-hydrogen) atoms. The quantitative estimate of drug-likeness (QED) is 0.771. The van der Waals surface area contributed by atoms with Crippen molar-refractivity contribution in [3.05, 3.63) is 81.8 Å². The Morgan fingerprint density at radius 2 is 1.72 bits per heavy atom. The Morgan fingerprint density at radius 1 is 1.04 bits per heavy atom. The monoisotopic (exact) mass is 335 g/mol. The lowest BCUT2D eigenvalue weighted by Gasteiger charge is -2.10. The third-order valence-corrected chi connectivity index (χ3v) is 3.65. The number of hydrogen-bond acceptors (Lipinski definition) is 4. The third kappa shape index (κ3) is 3.58. The van der Waals surface area contributed by atoms with Crippen molar-refractivity contribution in [3.8, 4) is 11.4 Å². The molecule has 0 saturated carbocycles. The molecule has 3 aromatic rings. The molecular formula is C19H17N3O3. The van der Waals surface area contributed by atoms with E-state index in [1.54, 1.807) is 30.3 Å². The van der Waals surface area contributed by atoms with Gasteiger partial charge >= 0.3 is 0 Å². The van der Waals surface area contributed by atoms with Crippen molar-refractivity contribution in [2.75, 3.05) is 5.32 Å². The van der Waals surface area contributed by atoms with Crippen molar-refractivity contribution in [1.29, 1.82) is 0 Å². The van der Waals surface area contributed by atoms with Gasteiger partial charge in [-0.15, -0.1) is 0 Å². The summed E-state index contributed by atoms with van der Waals surface area (Å²) in [6, 6.07) is 15.4. The Morgan fingerprint density at radius 3 is 2.40 bits per heavy atom. The van der Waals surface area contributed by atoms with E-state index in [9.17, 15) is 14.7 Å². The molecule has 0 spiro atoms. The fourth-order valence-electron chi connectivity index (χ4n) is 2.47. The standard InChI is InChI=1S/C19H17N3O3/c1-12-5-3-7-14(9-12)20-19(25)18-16(23)11-17(24)22(21-18)15-8-4-6-13(2)10-15/h3-11,23H,1-2H3,(H,20,25). The van der Waals surface area contributed by atoms with Crippen molar-refractivity contribution in [3.63, 3.8) is 0 Å². The number of nitrogens with one attached hydrogen (secondary N) is 1. The van der Waals surface area contributed by atoms with Crippen molar-refractivity contribution < 1.29 is 9.90 Å². The first kappa shape index (κ1) is 16.4. The SMILES string of the molecule is Cc1cccc(NC(=O)c2nn(-c3cccc(C)c3)c(=O)cc2O)c1. The van der Waals surface area contributed by atoms with Crippen molar-refractivity contribution in [2.24, 2.45) is 0 Å². The molecule has 1 amide bonds. The number of aromatic hydroxyl groups is 1. The Labute approximate surface area is 144 Å². The van der Waals surface area contributed by atoms with Crippen LogP contribution >= 0.6 is 0 Å². The number of amides is 1. The molecule has 0 aliphatic rings. The lowest BCUT2D eigenvalue weighted by Crippen LogP contribution is -2.25. The van der Waals surface area contributed by atoms with Gasteiger partial charge in [-0.25, -0.2) is 0 Å². The highest BCUT2D eigenvalue weighted by Crippen LogP contribution is 2.16. The van der Waals surface area contributed by atoms with Crippen LogP contribution < -0.4 is 10.9 Å². The average Bonchev–Trinajstić information content (AvgIpc) is 2.54. The number of nitrogens with zero attached hydrogens (tertiary/aromatic N) is 2. The van der Waals surface area contributed by atoms with Gasteiger partial charge < -0.3 is 10.4 Å². The number of hydrogen-bond donors (Lipinski definition) is 2. The van der Waals surface area contributed by atoms with Crippen LogP contribution in [0.3, 0.4) is 0 Å². The van der Waals surface area contributed by atoms with Crippen LogP contribution in [0.5, 0.6) is 5.75 Å². The van der Waals surface area contributed by atoms with Crippen molar-refractivity contribution >= 4 is 11.6 Å². The van der Waals surface area contributed by atoms with Crippen LogP contribution in [-0.4, -0.2) is 20.8 Å². The first-order chi connectivity index (χ1) is 11.9. The molecule has 6 nitrogen and oxygen atoms in total. The highest BCUT2D eigenvalue weighted by atomic mass is 16.3. The van der Waals surface area contributed by atoms with Gasteiger partial charge in [0.2, 0.25) is 0 Å². The molecule has 0 aliphatic carbocycles. The summed E-state index contributed by atoms with van der Waals surface area (Å²) in [7, 11) is 0. The molecule has 0 unspecified atom stereocenters. The van der Waals surface area contributed by atoms with Crippen molar-refractivity contribution in [1.82, 2.24) is 9.78 Å². The molecule has 1 aromatic heterocycles. The van der Waals surface area contributed by atoms with Crippen LogP contribution in [0.15, 0.2) is 59.4 Å². The Bertz CT molecular complexity index is 1010. The zero-order valence-corrected chi connectivity index (χ0v) is 13.9. The Balaban J connectivity index is 2.00. The van der Waals surface area contributed by atoms with E-state index >= 15 is 0 Å². The van der Waals surface area contributed by atoms with E-state index < -0.39 is 17.2 Å². The topological polar surface area (TPSA) is 84.2 Å². The van der Waals surface area contributed by atoms with Crippen LogP contribution in [0, 0.1) is 13.8 Å². The van der Waals surface area contributed by atoms with Crippen molar-refractivity contribution in [2.45, 2.75) is 13.8 Å². The van der Waals surface area contributed by atoms with Gasteiger partial charge in [-0.3, -0.25) is 9.59 Å². The van der Waals surface area contributed by atoms with Crippen LogP contribution in [-0.2, 0) is 0 Å². The summed E-state index contributed by atoms with van der Waals surface area (Å²) < 4.78 is 1.10. The molecule has 1 heterocycles. The molecule has 3 rings (SSSR count). The summed E-state index contributed by atoms with van der Waals surface area (Å²) in [6.07, 6.45) is 0. The minimum Gasteiger partial charge on any atom is -0.505 e. The summed E-state index contributed by atoms with van der Waals surface area (Å²) in [4.78, 5) is 24.6. The smallest absolute Gasteiger partial charge is 0.279 e. The van der Waals surface area contributed by atoms with Crippen LogP contribution in [0.2, 0.25) is 0 Å². The molecular weight excluding hydrogens is 318 g/mol. The predicted molar refractivity (Wildman–Crippen MR) is 95.4 cm³/mol. The second-order valence-corrected chi connectivity index (χ2v) is 5.79. The molecule has 0 fully saturated rings. The average molecular weight is 335 g/mol. The van der Waals surface area contributed by atoms with Gasteiger partial charge in [0, 0.05) is 11.8 Å². The molecule has 0 aliphatic heterocycles. The first-order valence-electron chi connectivity index (χ1n) is 7.72. The fourth-order valence-corrected chi connectivity index (χ4v) is 2.47. The summed E-state index contributed by atoms with van der Waals surface area (Å²) in [6.45, 7) is 3.80. The highest BCUT2D eigenvalue weighted by Gasteiger charge is 2.17. The summed E-state index contributed by atoms with van der Waals surface area (Å²) in [5, 5.41) is 16.7. The van der Waals surface area contributed by atoms with E-state index in [1.807, 2.05) is 32.0 Å². The predicted octanol–water partition coefficient (Wildman–Crippen LogP) is 2.81. The molecule has 0 saturated heterocycles. The van der Waals surface area contributed by atoms with Crippen LogP contribution in [0.1, 0.15) is 21.6 Å². The van der Waals surface area contributed by atoms with E-state index in [4.69, 9.17) is 0 Å². The minimum absolute atomic E-state index is 0.220. The number of rotatable bonds is 3. The second kappa shape index (κ2) is 6.60. The first-order valence-corrected chi connectivity index (χ1v) is 7.72. The summed E-state index contributed by atoms with van der Waals surface area (Å²) in [5.41, 5.74) is 2.30. The number of benzene rings is 2. The van der Waals surface area contributed by atoms with Gasteiger partial charge in [0.15, 0.2) is 11.4 Å². The molecule has 0 radical (unpaired) electrons. The van der Waals surface area contributed by atoms with Crippen LogP contribution in [0.25, 0.3) is 5.69 Å². The lowest BCUT2D eigenvalue weighted by molar-refractivity contribution is 0.101. The molecule has 126 valence electrons. The summed E-state index contributed by atoms with van der Waals surface area (Å²) >= 11 is 0. The Kier molecular flexibility index (Phi) is 4.35. The maximum absolute atomic E-state index is 12.5. The van der Waals surface area contributed by atoms with E-state index in [2.05, 4.69) is 10.4 Å². The van der Waals surface area contributed by atoms with E-state index in [0.29, 0.717) is 11.4 Å². The van der Waals surface area contributed by atoms with Gasteiger partial charge in [-0.1, -0.05) is 24.3 Å². The lowest BCUT2D eigenvalue weighted by atomic mass is 10.2. The second-order valence-electron chi connectivity index (χ2n) is 5.79.